The first-order valence-corrected chi connectivity index (χ1v) is 10.3. The summed E-state index contributed by atoms with van der Waals surface area (Å²) >= 11 is 0. The summed E-state index contributed by atoms with van der Waals surface area (Å²) in [5.41, 5.74) is 1.74. The van der Waals surface area contributed by atoms with E-state index < -0.39 is 10.0 Å². The number of benzene rings is 3. The molecule has 0 heterocycles. The third-order valence-electron chi connectivity index (χ3n) is 4.01. The van der Waals surface area contributed by atoms with Gasteiger partial charge in [0.25, 0.3) is 10.0 Å². The lowest BCUT2D eigenvalue weighted by Crippen LogP contribution is -2.13. The molecule has 7 heteroatoms. The van der Waals surface area contributed by atoms with Crippen molar-refractivity contribution in [2.45, 2.75) is 4.90 Å². The summed E-state index contributed by atoms with van der Waals surface area (Å²) in [6.45, 7) is 0. The number of anilines is 2. The number of ether oxygens (including phenoxy) is 1. The van der Waals surface area contributed by atoms with Gasteiger partial charge in [-0.3, -0.25) is 9.52 Å². The van der Waals surface area contributed by atoms with Crippen LogP contribution in [-0.4, -0.2) is 21.4 Å². The van der Waals surface area contributed by atoms with Gasteiger partial charge in [-0.25, -0.2) is 8.42 Å². The summed E-state index contributed by atoms with van der Waals surface area (Å²) in [4.78, 5) is 12.2. The maximum absolute atomic E-state index is 12.4. The number of hydrogen-bond donors (Lipinski definition) is 2. The zero-order chi connectivity index (χ0) is 20.7. The summed E-state index contributed by atoms with van der Waals surface area (Å²) < 4.78 is 32.6. The number of rotatable bonds is 7. The smallest absolute Gasteiger partial charge is 0.261 e. The van der Waals surface area contributed by atoms with Gasteiger partial charge in [0.05, 0.1) is 12.0 Å². The predicted molar refractivity (Wildman–Crippen MR) is 114 cm³/mol. The first kappa shape index (κ1) is 20.2. The molecule has 2 N–H and O–H groups in total. The predicted octanol–water partition coefficient (Wildman–Crippen LogP) is 4.15. The standard InChI is InChI=1S/C22H20N2O4S/c1-28-21-10-6-5-7-17(21)11-16-22(25)23-18-12-14-20(15-13-18)29(26,27)24-19-8-3-2-4-9-19/h2-16,24H,1H3,(H,23,25)/b16-11+. The Morgan fingerprint density at radius 2 is 1.52 bits per heavy atom. The molecule has 0 aliphatic heterocycles. The van der Waals surface area contributed by atoms with Crippen molar-refractivity contribution < 1.29 is 17.9 Å². The van der Waals surface area contributed by atoms with Crippen molar-refractivity contribution >= 4 is 33.4 Å². The van der Waals surface area contributed by atoms with E-state index in [0.29, 0.717) is 17.1 Å². The van der Waals surface area contributed by atoms with Crippen molar-refractivity contribution in [3.05, 3.63) is 90.5 Å². The lowest BCUT2D eigenvalue weighted by Gasteiger charge is -2.09. The normalized spacial score (nSPS) is 11.2. The average molecular weight is 408 g/mol. The second-order valence-corrected chi connectivity index (χ2v) is 7.74. The molecule has 0 aliphatic carbocycles. The highest BCUT2D eigenvalue weighted by Crippen LogP contribution is 2.20. The van der Waals surface area contributed by atoms with E-state index in [1.165, 1.54) is 30.3 Å². The van der Waals surface area contributed by atoms with Crippen LogP contribution in [0.25, 0.3) is 6.08 Å². The van der Waals surface area contributed by atoms with Crippen molar-refractivity contribution in [2.24, 2.45) is 0 Å². The highest BCUT2D eigenvalue weighted by Gasteiger charge is 2.14. The quantitative estimate of drug-likeness (QED) is 0.575. The van der Waals surface area contributed by atoms with Gasteiger partial charge >= 0.3 is 0 Å². The molecule has 0 saturated heterocycles. The third-order valence-corrected chi connectivity index (χ3v) is 5.41. The van der Waals surface area contributed by atoms with Gasteiger partial charge in [-0.1, -0.05) is 36.4 Å². The van der Waals surface area contributed by atoms with Crippen LogP contribution in [0.3, 0.4) is 0 Å². The summed E-state index contributed by atoms with van der Waals surface area (Å²) in [7, 11) is -2.14. The van der Waals surface area contributed by atoms with E-state index in [9.17, 15) is 13.2 Å². The van der Waals surface area contributed by atoms with Crippen LogP contribution in [0.1, 0.15) is 5.56 Å². The number of hydrogen-bond acceptors (Lipinski definition) is 4. The van der Waals surface area contributed by atoms with E-state index in [1.807, 2.05) is 18.2 Å². The number of amides is 1. The number of para-hydroxylation sites is 2. The Labute approximate surface area is 169 Å². The Balaban J connectivity index is 1.65. The van der Waals surface area contributed by atoms with E-state index in [1.54, 1.807) is 49.6 Å². The molecule has 0 fully saturated rings. The largest absolute Gasteiger partial charge is 0.496 e. The monoisotopic (exact) mass is 408 g/mol. The van der Waals surface area contributed by atoms with Crippen LogP contribution in [0.2, 0.25) is 0 Å². The molecule has 0 aromatic heterocycles. The fourth-order valence-corrected chi connectivity index (χ4v) is 3.65. The molecule has 29 heavy (non-hydrogen) atoms. The molecule has 148 valence electrons. The van der Waals surface area contributed by atoms with Crippen LogP contribution in [-0.2, 0) is 14.8 Å². The fourth-order valence-electron chi connectivity index (χ4n) is 2.59. The minimum absolute atomic E-state index is 0.101. The van der Waals surface area contributed by atoms with Crippen molar-refractivity contribution in [1.29, 1.82) is 0 Å². The molecule has 0 atom stereocenters. The number of carbonyl (C=O) groups is 1. The Kier molecular flexibility index (Phi) is 6.31. The molecular weight excluding hydrogens is 388 g/mol. The zero-order valence-electron chi connectivity index (χ0n) is 15.7. The minimum Gasteiger partial charge on any atom is -0.496 e. The highest BCUT2D eigenvalue weighted by molar-refractivity contribution is 7.92. The molecule has 3 aromatic rings. The van der Waals surface area contributed by atoms with Gasteiger partial charge in [0.15, 0.2) is 0 Å². The third kappa shape index (κ3) is 5.46. The Morgan fingerprint density at radius 3 is 2.21 bits per heavy atom. The first-order valence-electron chi connectivity index (χ1n) is 8.78. The molecule has 0 bridgehead atoms. The maximum Gasteiger partial charge on any atom is 0.261 e. The number of methoxy groups -OCH3 is 1. The van der Waals surface area contributed by atoms with E-state index in [2.05, 4.69) is 10.0 Å². The molecule has 0 saturated carbocycles. The van der Waals surface area contributed by atoms with Gasteiger partial charge in [-0.2, -0.15) is 0 Å². The lowest BCUT2D eigenvalue weighted by molar-refractivity contribution is -0.111. The van der Waals surface area contributed by atoms with Gasteiger partial charge in [0, 0.05) is 23.0 Å². The summed E-state index contributed by atoms with van der Waals surface area (Å²) in [5, 5.41) is 2.70. The van der Waals surface area contributed by atoms with E-state index in [4.69, 9.17) is 4.74 Å². The van der Waals surface area contributed by atoms with Gasteiger partial charge in [-0.05, 0) is 48.5 Å². The second kappa shape index (κ2) is 9.07. The highest BCUT2D eigenvalue weighted by atomic mass is 32.2. The first-order chi connectivity index (χ1) is 14.0. The van der Waals surface area contributed by atoms with Gasteiger partial charge in [0.1, 0.15) is 5.75 Å². The average Bonchev–Trinajstić information content (AvgIpc) is 2.73. The minimum atomic E-state index is -3.70. The SMILES string of the molecule is COc1ccccc1/C=C/C(=O)Nc1ccc(S(=O)(=O)Nc2ccccc2)cc1. The molecule has 3 rings (SSSR count). The van der Waals surface area contributed by atoms with Gasteiger partial charge in [0.2, 0.25) is 5.91 Å². The van der Waals surface area contributed by atoms with Crippen molar-refractivity contribution in [3.63, 3.8) is 0 Å². The molecule has 0 radical (unpaired) electrons. The Bertz CT molecular complexity index is 1110. The Hall–Kier alpha value is -3.58. The van der Waals surface area contributed by atoms with Crippen molar-refractivity contribution in [2.75, 3.05) is 17.1 Å². The number of nitrogens with one attached hydrogen (secondary N) is 2. The molecule has 0 spiro atoms. The van der Waals surface area contributed by atoms with Crippen LogP contribution in [0, 0.1) is 0 Å². The van der Waals surface area contributed by atoms with Gasteiger partial charge in [-0.15, -0.1) is 0 Å². The van der Waals surface area contributed by atoms with Crippen molar-refractivity contribution in [1.82, 2.24) is 0 Å². The van der Waals surface area contributed by atoms with Crippen LogP contribution < -0.4 is 14.8 Å². The number of carbonyl (C=O) groups excluding carboxylic acids is 1. The maximum atomic E-state index is 12.4. The molecule has 1 amide bonds. The molecule has 0 unspecified atom stereocenters. The van der Waals surface area contributed by atoms with Gasteiger partial charge < -0.3 is 10.1 Å². The van der Waals surface area contributed by atoms with Crippen LogP contribution in [0.4, 0.5) is 11.4 Å². The molecular formula is C22H20N2O4S. The number of sulfonamides is 1. The Morgan fingerprint density at radius 1 is 0.862 bits per heavy atom. The fraction of sp³-hybridized carbons (Fsp3) is 0.0455. The van der Waals surface area contributed by atoms with Crippen LogP contribution in [0.15, 0.2) is 89.8 Å². The summed E-state index contributed by atoms with van der Waals surface area (Å²) in [6, 6.07) is 21.9. The summed E-state index contributed by atoms with van der Waals surface area (Å²) in [5.74, 6) is 0.325. The molecule has 3 aromatic carbocycles. The lowest BCUT2D eigenvalue weighted by atomic mass is 10.2. The molecule has 6 nitrogen and oxygen atoms in total. The topological polar surface area (TPSA) is 84.5 Å². The van der Waals surface area contributed by atoms with E-state index in [0.717, 1.165) is 5.56 Å². The second-order valence-electron chi connectivity index (χ2n) is 6.06. The molecule has 0 aliphatic rings. The van der Waals surface area contributed by atoms with Crippen molar-refractivity contribution in [3.8, 4) is 5.75 Å². The summed E-state index contributed by atoms with van der Waals surface area (Å²) in [6.07, 6.45) is 3.04. The zero-order valence-corrected chi connectivity index (χ0v) is 16.5. The van der Waals surface area contributed by atoms with E-state index in [-0.39, 0.29) is 10.8 Å². The van der Waals surface area contributed by atoms with E-state index >= 15 is 0 Å². The van der Waals surface area contributed by atoms with Crippen LogP contribution in [0.5, 0.6) is 5.75 Å². The van der Waals surface area contributed by atoms with Crippen LogP contribution >= 0.6 is 0 Å².